The summed E-state index contributed by atoms with van der Waals surface area (Å²) >= 11 is 0. The Morgan fingerprint density at radius 2 is 1.94 bits per heavy atom. The number of fused-ring (bicyclic) bond motifs is 1. The molecule has 18 heavy (non-hydrogen) atoms. The Hall–Kier alpha value is -1.65. The minimum atomic E-state index is 0.562. The van der Waals surface area contributed by atoms with Crippen LogP contribution < -0.4 is 15.6 Å². The lowest BCUT2D eigenvalue weighted by Gasteiger charge is -2.19. The van der Waals surface area contributed by atoms with E-state index in [1.165, 1.54) is 25.7 Å². The van der Waals surface area contributed by atoms with Gasteiger partial charge in [-0.05, 0) is 45.6 Å². The van der Waals surface area contributed by atoms with Gasteiger partial charge in [0.05, 0.1) is 0 Å². The molecule has 2 aliphatic rings. The molecule has 1 aliphatic carbocycles. The van der Waals surface area contributed by atoms with Crippen LogP contribution in [0.1, 0.15) is 37.1 Å². The molecule has 2 heterocycles. The predicted molar refractivity (Wildman–Crippen MR) is 70.3 cm³/mol. The molecule has 0 spiro atoms. The monoisotopic (exact) mass is 246 g/mol. The Kier molecular flexibility index (Phi) is 2.89. The Bertz CT molecular complexity index is 462. The number of nitrogens with one attached hydrogen (secondary N) is 3. The van der Waals surface area contributed by atoms with E-state index in [-0.39, 0.29) is 0 Å². The summed E-state index contributed by atoms with van der Waals surface area (Å²) in [5.74, 6) is 1.62. The molecule has 5 heteroatoms. The number of guanidine groups is 1. The highest BCUT2D eigenvalue weighted by molar-refractivity contribution is 5.88. The molecule has 1 fully saturated rings. The molecule has 2 unspecified atom stereocenters. The van der Waals surface area contributed by atoms with Crippen LogP contribution in [0.15, 0.2) is 6.07 Å². The maximum Gasteiger partial charge on any atom is 0.351 e. The summed E-state index contributed by atoms with van der Waals surface area (Å²) < 4.78 is 0. The normalized spacial score (nSPS) is 26.2. The van der Waals surface area contributed by atoms with Crippen molar-refractivity contribution in [1.29, 1.82) is 0 Å². The van der Waals surface area contributed by atoms with Crippen LogP contribution in [-0.2, 0) is 0 Å². The van der Waals surface area contributed by atoms with Gasteiger partial charge in [-0.2, -0.15) is 0 Å². The smallest absolute Gasteiger partial charge is 0.271 e. The number of nitrogens with zero attached hydrogens (tertiary/aromatic N) is 2. The number of rotatable bonds is 1. The van der Waals surface area contributed by atoms with Crippen molar-refractivity contribution in [2.75, 3.05) is 5.32 Å². The molecule has 96 valence electrons. The van der Waals surface area contributed by atoms with Crippen molar-refractivity contribution < 1.29 is 4.99 Å². The minimum Gasteiger partial charge on any atom is -0.271 e. The second kappa shape index (κ2) is 4.55. The van der Waals surface area contributed by atoms with E-state index in [0.29, 0.717) is 18.0 Å². The summed E-state index contributed by atoms with van der Waals surface area (Å²) in [6.07, 6.45) is 5.14. The Morgan fingerprint density at radius 3 is 2.67 bits per heavy atom. The van der Waals surface area contributed by atoms with Crippen LogP contribution in [0.3, 0.4) is 0 Å². The fourth-order valence-electron chi connectivity index (χ4n) is 2.85. The van der Waals surface area contributed by atoms with E-state index in [4.69, 9.17) is 0 Å². The van der Waals surface area contributed by atoms with Gasteiger partial charge in [0.1, 0.15) is 12.1 Å². The first-order chi connectivity index (χ1) is 8.70. The molecule has 0 amide bonds. The molecular weight excluding hydrogens is 226 g/mol. The average molecular weight is 246 g/mol. The van der Waals surface area contributed by atoms with Crippen molar-refractivity contribution in [3.8, 4) is 0 Å². The maximum atomic E-state index is 4.39. The SMILES string of the molecule is Cc1cc(C)nc(NC2=[NH+]C3CCCCC3N2)n1. The largest absolute Gasteiger partial charge is 0.351 e. The average Bonchev–Trinajstić information content (AvgIpc) is 2.69. The maximum absolute atomic E-state index is 4.39. The Morgan fingerprint density at radius 1 is 1.22 bits per heavy atom. The van der Waals surface area contributed by atoms with Gasteiger partial charge in [0.15, 0.2) is 0 Å². The van der Waals surface area contributed by atoms with Crippen LogP contribution in [0, 0.1) is 13.8 Å². The number of aryl methyl sites for hydroxylation is 2. The van der Waals surface area contributed by atoms with E-state index in [1.54, 1.807) is 0 Å². The van der Waals surface area contributed by atoms with Gasteiger partial charge in [0, 0.05) is 11.4 Å². The zero-order valence-corrected chi connectivity index (χ0v) is 11.0. The first-order valence-electron chi connectivity index (χ1n) is 6.70. The van der Waals surface area contributed by atoms with Crippen LogP contribution in [-0.4, -0.2) is 28.0 Å². The summed E-state index contributed by atoms with van der Waals surface area (Å²) in [4.78, 5) is 12.3. The van der Waals surface area contributed by atoms with E-state index in [2.05, 4.69) is 25.6 Å². The van der Waals surface area contributed by atoms with Gasteiger partial charge < -0.3 is 0 Å². The van der Waals surface area contributed by atoms with Gasteiger partial charge >= 0.3 is 5.96 Å². The van der Waals surface area contributed by atoms with Gasteiger partial charge in [-0.3, -0.25) is 10.3 Å². The quantitative estimate of drug-likeness (QED) is 0.645. The molecule has 3 N–H and O–H groups in total. The summed E-state index contributed by atoms with van der Waals surface area (Å²) in [5.41, 5.74) is 1.97. The topological polar surface area (TPSA) is 63.8 Å². The molecule has 1 aromatic rings. The van der Waals surface area contributed by atoms with E-state index in [9.17, 15) is 0 Å². The molecule has 0 saturated heterocycles. The predicted octanol–water partition coefficient (Wildman–Crippen LogP) is -0.144. The Labute approximate surface area is 107 Å². The standard InChI is InChI=1S/C13H19N5/c1-8-7-9(2)15-12(14-8)18-13-16-10-5-3-4-6-11(10)17-13/h7,10-11H,3-6H2,1-2H3,(H2,14,15,16,17,18)/p+1. The summed E-state index contributed by atoms with van der Waals surface area (Å²) in [7, 11) is 0. The molecule has 1 saturated carbocycles. The van der Waals surface area contributed by atoms with Gasteiger partial charge in [0.25, 0.3) is 5.95 Å². The number of hydrogen-bond acceptors (Lipinski definition) is 4. The van der Waals surface area contributed by atoms with Gasteiger partial charge in [-0.1, -0.05) is 0 Å². The van der Waals surface area contributed by atoms with Crippen LogP contribution in [0.4, 0.5) is 5.95 Å². The molecular formula is C13H20N5+. The second-order valence-electron chi connectivity index (χ2n) is 5.26. The third-order valence-corrected chi connectivity index (χ3v) is 3.64. The van der Waals surface area contributed by atoms with Gasteiger partial charge in [0.2, 0.25) is 0 Å². The van der Waals surface area contributed by atoms with E-state index in [0.717, 1.165) is 17.3 Å². The third-order valence-electron chi connectivity index (χ3n) is 3.64. The summed E-state index contributed by atoms with van der Waals surface area (Å²) in [6, 6.07) is 3.10. The lowest BCUT2D eigenvalue weighted by Crippen LogP contribution is -2.79. The van der Waals surface area contributed by atoms with Crippen molar-refractivity contribution in [2.45, 2.75) is 51.6 Å². The summed E-state index contributed by atoms with van der Waals surface area (Å²) in [6.45, 7) is 3.97. The minimum absolute atomic E-state index is 0.562. The van der Waals surface area contributed by atoms with Gasteiger partial charge in [-0.15, -0.1) is 0 Å². The van der Waals surface area contributed by atoms with Crippen LogP contribution in [0.2, 0.25) is 0 Å². The van der Waals surface area contributed by atoms with Crippen LogP contribution >= 0.6 is 0 Å². The zero-order chi connectivity index (χ0) is 12.5. The Balaban J connectivity index is 1.73. The van der Waals surface area contributed by atoms with E-state index >= 15 is 0 Å². The molecule has 0 radical (unpaired) electrons. The number of anilines is 1. The fraction of sp³-hybridized carbons (Fsp3) is 0.615. The molecule has 3 rings (SSSR count). The molecule has 0 aromatic carbocycles. The second-order valence-corrected chi connectivity index (χ2v) is 5.26. The van der Waals surface area contributed by atoms with Crippen molar-refractivity contribution in [3.05, 3.63) is 17.5 Å². The molecule has 1 aromatic heterocycles. The van der Waals surface area contributed by atoms with Crippen molar-refractivity contribution >= 4 is 11.9 Å². The molecule has 1 aliphatic heterocycles. The lowest BCUT2D eigenvalue weighted by molar-refractivity contribution is -0.498. The highest BCUT2D eigenvalue weighted by atomic mass is 15.3. The van der Waals surface area contributed by atoms with Crippen molar-refractivity contribution in [2.24, 2.45) is 0 Å². The third kappa shape index (κ3) is 2.30. The molecule has 0 bridgehead atoms. The van der Waals surface area contributed by atoms with E-state index in [1.807, 2.05) is 19.9 Å². The van der Waals surface area contributed by atoms with Crippen LogP contribution in [0.25, 0.3) is 0 Å². The summed E-state index contributed by atoms with van der Waals surface area (Å²) in [5, 5.41) is 6.75. The van der Waals surface area contributed by atoms with E-state index < -0.39 is 0 Å². The molecule has 5 nitrogen and oxygen atoms in total. The number of aromatic nitrogens is 2. The molecule has 2 atom stereocenters. The van der Waals surface area contributed by atoms with Crippen LogP contribution in [0.5, 0.6) is 0 Å². The van der Waals surface area contributed by atoms with Gasteiger partial charge in [-0.25, -0.2) is 15.3 Å². The first-order valence-corrected chi connectivity index (χ1v) is 6.70. The number of hydrogen-bond donors (Lipinski definition) is 3. The lowest BCUT2D eigenvalue weighted by atomic mass is 9.92. The fourth-order valence-corrected chi connectivity index (χ4v) is 2.85. The van der Waals surface area contributed by atoms with Crippen molar-refractivity contribution in [1.82, 2.24) is 15.3 Å². The highest BCUT2D eigenvalue weighted by Crippen LogP contribution is 2.17. The highest BCUT2D eigenvalue weighted by Gasteiger charge is 2.35. The van der Waals surface area contributed by atoms with Crippen molar-refractivity contribution in [3.63, 3.8) is 0 Å². The first kappa shape index (κ1) is 11.4. The zero-order valence-electron chi connectivity index (χ0n) is 11.0.